The summed E-state index contributed by atoms with van der Waals surface area (Å²) in [7, 11) is 1.52. The van der Waals surface area contributed by atoms with Gasteiger partial charge in [-0.25, -0.2) is 4.79 Å². The molecule has 1 amide bonds. The first kappa shape index (κ1) is 25.6. The van der Waals surface area contributed by atoms with Crippen LogP contribution in [0.15, 0.2) is 98.2 Å². The Balaban J connectivity index is 1.43. The van der Waals surface area contributed by atoms with Crippen LogP contribution in [0.5, 0.6) is 0 Å². The summed E-state index contributed by atoms with van der Waals surface area (Å²) in [6.07, 6.45) is 1.14. The van der Waals surface area contributed by atoms with Crippen LogP contribution in [0.25, 0.3) is 11.0 Å². The number of benzene rings is 3. The topological polar surface area (TPSA) is 63.8 Å². The van der Waals surface area contributed by atoms with E-state index in [0.717, 1.165) is 45.7 Å². The number of para-hydroxylation sites is 1. The minimum Gasteiger partial charge on any atom is -0.460 e. The van der Waals surface area contributed by atoms with Gasteiger partial charge in [-0.3, -0.25) is 4.84 Å². The van der Waals surface area contributed by atoms with Crippen molar-refractivity contribution >= 4 is 34.5 Å². The van der Waals surface area contributed by atoms with Crippen molar-refractivity contribution in [3.63, 3.8) is 0 Å². The Bertz CT molecular complexity index is 1290. The van der Waals surface area contributed by atoms with Crippen LogP contribution in [0.4, 0.5) is 4.79 Å². The van der Waals surface area contributed by atoms with E-state index in [1.807, 2.05) is 30.3 Å². The van der Waals surface area contributed by atoms with Crippen molar-refractivity contribution in [2.45, 2.75) is 49.3 Å². The van der Waals surface area contributed by atoms with E-state index in [1.165, 1.54) is 17.5 Å². The SMILES string of the molecule is CNC(=O)O/N=C(\CCC(C)C)c1ccc(Sc2ccc(C(C)c3cc4ccccc4o3)cc2)cc1. The van der Waals surface area contributed by atoms with E-state index in [4.69, 9.17) is 9.25 Å². The Morgan fingerprint density at radius 3 is 2.28 bits per heavy atom. The fraction of sp³-hybridized carbons (Fsp3) is 0.267. The molecule has 0 aliphatic carbocycles. The second-order valence-electron chi connectivity index (χ2n) is 9.20. The van der Waals surface area contributed by atoms with Crippen LogP contribution in [-0.2, 0) is 4.84 Å². The van der Waals surface area contributed by atoms with Crippen molar-refractivity contribution in [1.82, 2.24) is 5.32 Å². The molecule has 4 rings (SSSR count). The fourth-order valence-corrected chi connectivity index (χ4v) is 4.68. The smallest absolute Gasteiger partial charge is 0.433 e. The monoisotopic (exact) mass is 500 g/mol. The van der Waals surface area contributed by atoms with Crippen LogP contribution < -0.4 is 5.32 Å². The molecule has 0 aliphatic heterocycles. The van der Waals surface area contributed by atoms with Gasteiger partial charge in [-0.2, -0.15) is 0 Å². The molecule has 0 radical (unpaired) electrons. The molecule has 1 atom stereocenters. The molecule has 36 heavy (non-hydrogen) atoms. The van der Waals surface area contributed by atoms with E-state index in [9.17, 15) is 4.79 Å². The summed E-state index contributed by atoms with van der Waals surface area (Å²) < 4.78 is 6.06. The Kier molecular flexibility index (Phi) is 8.49. The van der Waals surface area contributed by atoms with Gasteiger partial charge in [0.2, 0.25) is 0 Å². The zero-order chi connectivity index (χ0) is 25.5. The Labute approximate surface area is 216 Å². The zero-order valence-electron chi connectivity index (χ0n) is 21.2. The lowest BCUT2D eigenvalue weighted by Crippen LogP contribution is -2.18. The van der Waals surface area contributed by atoms with Crippen LogP contribution in [-0.4, -0.2) is 18.9 Å². The number of amides is 1. The van der Waals surface area contributed by atoms with Crippen LogP contribution in [0.1, 0.15) is 56.4 Å². The van der Waals surface area contributed by atoms with E-state index >= 15 is 0 Å². The normalized spacial score (nSPS) is 12.6. The molecule has 1 unspecified atom stereocenters. The van der Waals surface area contributed by atoms with E-state index in [1.54, 1.807) is 11.8 Å². The molecule has 1 N–H and O–H groups in total. The molecule has 5 nitrogen and oxygen atoms in total. The lowest BCUT2D eigenvalue weighted by Gasteiger charge is -2.11. The van der Waals surface area contributed by atoms with E-state index in [0.29, 0.717) is 5.92 Å². The van der Waals surface area contributed by atoms with Crippen molar-refractivity contribution in [3.8, 4) is 0 Å². The summed E-state index contributed by atoms with van der Waals surface area (Å²) in [4.78, 5) is 18.8. The second kappa shape index (κ2) is 12.0. The van der Waals surface area contributed by atoms with Crippen molar-refractivity contribution in [2.75, 3.05) is 7.05 Å². The molecule has 0 fully saturated rings. The summed E-state index contributed by atoms with van der Waals surface area (Å²) in [6, 6.07) is 27.1. The molecule has 3 aromatic carbocycles. The standard InChI is InChI=1S/C30H32N2O3S/c1-20(2)9-18-27(32-35-30(33)31-4)23-12-16-26(17-13-23)36-25-14-10-22(11-15-25)21(3)29-19-24-7-5-6-8-28(24)34-29/h5-8,10-17,19-21H,9,18H2,1-4H3,(H,31,33)/b32-27+. The van der Waals surface area contributed by atoms with Gasteiger partial charge in [0, 0.05) is 28.1 Å². The third-order valence-corrected chi connectivity index (χ3v) is 7.09. The summed E-state index contributed by atoms with van der Waals surface area (Å²) in [6.45, 7) is 6.50. The third kappa shape index (κ3) is 6.58. The minimum atomic E-state index is -0.567. The highest BCUT2D eigenvalue weighted by Gasteiger charge is 2.14. The fourth-order valence-electron chi connectivity index (χ4n) is 3.87. The zero-order valence-corrected chi connectivity index (χ0v) is 22.0. The second-order valence-corrected chi connectivity index (χ2v) is 10.3. The number of furan rings is 1. The van der Waals surface area contributed by atoms with Gasteiger partial charge in [-0.05, 0) is 66.3 Å². The Morgan fingerprint density at radius 2 is 1.64 bits per heavy atom. The van der Waals surface area contributed by atoms with Gasteiger partial charge < -0.3 is 9.73 Å². The molecule has 4 aromatic rings. The number of nitrogens with one attached hydrogen (secondary N) is 1. The number of oxime groups is 1. The van der Waals surface area contributed by atoms with Crippen LogP contribution >= 0.6 is 11.8 Å². The first-order valence-corrected chi connectivity index (χ1v) is 13.1. The quantitative estimate of drug-likeness (QED) is 0.143. The summed E-state index contributed by atoms with van der Waals surface area (Å²) in [5.74, 6) is 1.68. The number of hydrogen-bond donors (Lipinski definition) is 1. The van der Waals surface area contributed by atoms with Crippen LogP contribution in [0.3, 0.4) is 0 Å². The summed E-state index contributed by atoms with van der Waals surface area (Å²) in [5, 5.41) is 7.66. The summed E-state index contributed by atoms with van der Waals surface area (Å²) >= 11 is 1.71. The highest BCUT2D eigenvalue weighted by atomic mass is 32.2. The van der Waals surface area contributed by atoms with Gasteiger partial charge >= 0.3 is 6.09 Å². The molecule has 1 aromatic heterocycles. The number of hydrogen-bond acceptors (Lipinski definition) is 5. The molecular weight excluding hydrogens is 468 g/mol. The highest BCUT2D eigenvalue weighted by molar-refractivity contribution is 7.99. The van der Waals surface area contributed by atoms with Crippen LogP contribution in [0.2, 0.25) is 0 Å². The van der Waals surface area contributed by atoms with Gasteiger partial charge in [0.1, 0.15) is 11.3 Å². The highest BCUT2D eigenvalue weighted by Crippen LogP contribution is 2.33. The van der Waals surface area contributed by atoms with Crippen molar-refractivity contribution in [2.24, 2.45) is 11.1 Å². The predicted octanol–water partition coefficient (Wildman–Crippen LogP) is 8.23. The number of carbonyl (C=O) groups excluding carboxylic acids is 1. The van der Waals surface area contributed by atoms with Crippen molar-refractivity contribution in [3.05, 3.63) is 95.7 Å². The van der Waals surface area contributed by atoms with E-state index in [-0.39, 0.29) is 5.92 Å². The molecule has 186 valence electrons. The molecule has 0 bridgehead atoms. The Morgan fingerprint density at radius 1 is 0.972 bits per heavy atom. The molecule has 0 aliphatic rings. The van der Waals surface area contributed by atoms with Gasteiger partial charge in [-0.15, -0.1) is 0 Å². The first-order chi connectivity index (χ1) is 17.4. The molecule has 6 heteroatoms. The van der Waals surface area contributed by atoms with Crippen LogP contribution in [0, 0.1) is 5.92 Å². The molecule has 0 saturated heterocycles. The maximum absolute atomic E-state index is 11.5. The van der Waals surface area contributed by atoms with Gasteiger partial charge in [0.05, 0.1) is 5.71 Å². The predicted molar refractivity (Wildman–Crippen MR) is 147 cm³/mol. The molecule has 0 saturated carbocycles. The lowest BCUT2D eigenvalue weighted by atomic mass is 9.98. The Hall–Kier alpha value is -3.51. The van der Waals surface area contributed by atoms with E-state index < -0.39 is 6.09 Å². The third-order valence-electron chi connectivity index (χ3n) is 6.08. The van der Waals surface area contributed by atoms with E-state index in [2.05, 4.69) is 79.8 Å². The van der Waals surface area contributed by atoms with Crippen molar-refractivity contribution in [1.29, 1.82) is 0 Å². The molecule has 1 heterocycles. The number of rotatable bonds is 9. The maximum atomic E-state index is 11.5. The maximum Gasteiger partial charge on any atom is 0.433 e. The first-order valence-electron chi connectivity index (χ1n) is 12.2. The van der Waals surface area contributed by atoms with Gasteiger partial charge in [-0.1, -0.05) is 80.2 Å². The lowest BCUT2D eigenvalue weighted by molar-refractivity contribution is 0.153. The molecular formula is C30H32N2O3S. The summed E-state index contributed by atoms with van der Waals surface area (Å²) in [5.41, 5.74) is 3.87. The van der Waals surface area contributed by atoms with Gasteiger partial charge in [0.25, 0.3) is 0 Å². The molecule has 0 spiro atoms. The number of fused-ring (bicyclic) bond motifs is 1. The van der Waals surface area contributed by atoms with Gasteiger partial charge in [0.15, 0.2) is 0 Å². The average molecular weight is 501 g/mol. The minimum absolute atomic E-state index is 0.177. The average Bonchev–Trinajstić information content (AvgIpc) is 3.33. The van der Waals surface area contributed by atoms with Crippen molar-refractivity contribution < 1.29 is 14.0 Å². The largest absolute Gasteiger partial charge is 0.460 e. The number of nitrogens with zero attached hydrogens (tertiary/aromatic N) is 1. The number of carbonyl (C=O) groups is 1.